The lowest BCUT2D eigenvalue weighted by Crippen LogP contribution is -2.32. The van der Waals surface area contributed by atoms with E-state index in [-0.39, 0.29) is 0 Å². The SMILES string of the molecule is Bc1cc(B)c(-c2nc(N3c4c(c5ccccc5c5c4sc4ccccc45)-c4cc5ccccc5cc4P3c3ccccc3)nc3ccccc23)c(B)c1. The van der Waals surface area contributed by atoms with E-state index in [2.05, 4.69) is 180 Å². The smallest absolute Gasteiger partial charge is 0.235 e. The Labute approximate surface area is 321 Å². The molecule has 8 aromatic carbocycles. The van der Waals surface area contributed by atoms with Crippen molar-refractivity contribution < 1.29 is 0 Å². The maximum absolute atomic E-state index is 5.73. The summed E-state index contributed by atoms with van der Waals surface area (Å²) in [5, 5.41) is 11.2. The summed E-state index contributed by atoms with van der Waals surface area (Å²) in [6, 6.07) is 55.7. The summed E-state index contributed by atoms with van der Waals surface area (Å²) in [4.78, 5) is 11.3. The van der Waals surface area contributed by atoms with Gasteiger partial charge in [0.25, 0.3) is 0 Å². The van der Waals surface area contributed by atoms with Crippen LogP contribution in [0, 0.1) is 0 Å². The van der Waals surface area contributed by atoms with E-state index in [1.807, 2.05) is 11.3 Å². The van der Waals surface area contributed by atoms with E-state index in [4.69, 9.17) is 9.97 Å². The molecule has 3 nitrogen and oxygen atoms in total. The van der Waals surface area contributed by atoms with Gasteiger partial charge in [-0.3, -0.25) is 4.67 Å². The van der Waals surface area contributed by atoms with E-state index in [1.165, 1.54) is 91.1 Å². The number of thiophene rings is 1. The van der Waals surface area contributed by atoms with Gasteiger partial charge in [0.2, 0.25) is 5.95 Å². The van der Waals surface area contributed by atoms with Crippen molar-refractivity contribution in [3.05, 3.63) is 152 Å². The molecule has 0 saturated carbocycles. The van der Waals surface area contributed by atoms with Gasteiger partial charge >= 0.3 is 0 Å². The van der Waals surface area contributed by atoms with Crippen LogP contribution in [0.15, 0.2) is 152 Å². The largest absolute Gasteiger partial charge is 0.278 e. The molecule has 3 heterocycles. The molecule has 0 radical (unpaired) electrons. The number of nitrogens with zero attached hydrogens (tertiary/aromatic N) is 3. The van der Waals surface area contributed by atoms with Gasteiger partial charge in [0.15, 0.2) is 0 Å². The van der Waals surface area contributed by atoms with Crippen molar-refractivity contribution in [3.8, 4) is 22.4 Å². The average molecular weight is 721 g/mol. The Kier molecular flexibility index (Phi) is 7.14. The number of hydrogen-bond acceptors (Lipinski definition) is 4. The van der Waals surface area contributed by atoms with Gasteiger partial charge in [-0.15, -0.1) is 11.3 Å². The van der Waals surface area contributed by atoms with Gasteiger partial charge in [-0.05, 0) is 56.9 Å². The van der Waals surface area contributed by atoms with E-state index in [1.54, 1.807) is 0 Å². The number of aromatic nitrogens is 2. The molecule has 0 aliphatic carbocycles. The van der Waals surface area contributed by atoms with Crippen molar-refractivity contribution in [2.75, 3.05) is 4.67 Å². The Morgan fingerprint density at radius 2 is 1.19 bits per heavy atom. The maximum atomic E-state index is 5.73. The van der Waals surface area contributed by atoms with Crippen LogP contribution in [-0.2, 0) is 0 Å². The number of fused-ring (bicyclic) bond motifs is 12. The van der Waals surface area contributed by atoms with E-state index in [0.29, 0.717) is 0 Å². The van der Waals surface area contributed by atoms with Crippen LogP contribution in [0.5, 0.6) is 0 Å². The van der Waals surface area contributed by atoms with Crippen LogP contribution in [-0.4, -0.2) is 33.5 Å². The molecule has 11 rings (SSSR count). The van der Waals surface area contributed by atoms with Gasteiger partial charge in [0.1, 0.15) is 23.5 Å². The quantitative estimate of drug-likeness (QED) is 0.147. The molecule has 1 atom stereocenters. The molecule has 0 spiro atoms. The second-order valence-electron chi connectivity index (χ2n) is 14.4. The Morgan fingerprint density at radius 3 is 1.96 bits per heavy atom. The van der Waals surface area contributed by atoms with E-state index in [0.717, 1.165) is 22.5 Å². The molecule has 1 unspecified atom stereocenters. The van der Waals surface area contributed by atoms with Crippen molar-refractivity contribution in [2.24, 2.45) is 0 Å². The molecule has 2 aromatic heterocycles. The molecule has 250 valence electrons. The summed E-state index contributed by atoms with van der Waals surface area (Å²) in [6.07, 6.45) is 0. The fourth-order valence-corrected chi connectivity index (χ4v) is 12.7. The third-order valence-electron chi connectivity index (χ3n) is 11.0. The predicted octanol–water partition coefficient (Wildman–Crippen LogP) is 6.91. The fraction of sp³-hybridized carbons (Fsp3) is 0. The number of hydrogen-bond donors (Lipinski definition) is 0. The molecule has 54 heavy (non-hydrogen) atoms. The Balaban J connectivity index is 1.36. The summed E-state index contributed by atoms with van der Waals surface area (Å²) in [5.74, 6) is 0.729. The van der Waals surface area contributed by atoms with Crippen LogP contribution in [0.25, 0.3) is 75.0 Å². The standard InChI is InChI=1S/C46H31B3N3PS/c47-28-24-35(48)42(36(49)25-28)43-32-18-8-10-20-37(32)50-46(51-43)52-44-40(30-16-6-7-17-31(30)41-33-19-9-11-21-39(33)54-45(41)44)34-22-26-12-4-5-13-27(26)23-38(34)53(52)29-14-2-1-3-15-29/h1-25H,47-49H2. The Morgan fingerprint density at radius 1 is 0.556 bits per heavy atom. The van der Waals surface area contributed by atoms with Crippen molar-refractivity contribution >= 4 is 134 Å². The van der Waals surface area contributed by atoms with Gasteiger partial charge in [0, 0.05) is 37.0 Å². The van der Waals surface area contributed by atoms with Gasteiger partial charge < -0.3 is 0 Å². The zero-order chi connectivity index (χ0) is 36.1. The molecule has 1 aliphatic heterocycles. The van der Waals surface area contributed by atoms with Crippen LogP contribution < -0.4 is 31.7 Å². The lowest BCUT2D eigenvalue weighted by molar-refractivity contribution is 1.17. The number of anilines is 2. The summed E-state index contributed by atoms with van der Waals surface area (Å²) < 4.78 is 5.11. The second-order valence-corrected chi connectivity index (χ2v) is 17.5. The maximum Gasteiger partial charge on any atom is 0.235 e. The minimum atomic E-state index is -1.18. The van der Waals surface area contributed by atoms with E-state index < -0.39 is 8.07 Å². The highest BCUT2D eigenvalue weighted by Gasteiger charge is 2.39. The van der Waals surface area contributed by atoms with Crippen molar-refractivity contribution in [3.63, 3.8) is 0 Å². The molecule has 8 heteroatoms. The molecule has 0 saturated heterocycles. The summed E-state index contributed by atoms with van der Waals surface area (Å²) >= 11 is 1.89. The van der Waals surface area contributed by atoms with E-state index in [9.17, 15) is 0 Å². The van der Waals surface area contributed by atoms with Crippen LogP contribution in [0.3, 0.4) is 0 Å². The highest BCUT2D eigenvalue weighted by molar-refractivity contribution is 7.75. The van der Waals surface area contributed by atoms with Crippen molar-refractivity contribution in [1.29, 1.82) is 0 Å². The molecule has 1 aliphatic rings. The molecular formula is C46H31B3N3PS. The zero-order valence-electron chi connectivity index (χ0n) is 30.1. The molecule has 0 amide bonds. The summed E-state index contributed by atoms with van der Waals surface area (Å²) in [5.41, 5.74) is 10.5. The van der Waals surface area contributed by atoms with Crippen molar-refractivity contribution in [2.45, 2.75) is 0 Å². The van der Waals surface area contributed by atoms with E-state index >= 15 is 0 Å². The lowest BCUT2D eigenvalue weighted by Gasteiger charge is -2.40. The van der Waals surface area contributed by atoms with Gasteiger partial charge in [-0.1, -0.05) is 144 Å². The normalized spacial score (nSPS) is 13.9. The minimum Gasteiger partial charge on any atom is -0.278 e. The second kappa shape index (κ2) is 12.1. The first kappa shape index (κ1) is 31.8. The molecule has 10 aromatic rings. The molecule has 0 fully saturated rings. The van der Waals surface area contributed by atoms with Crippen molar-refractivity contribution in [1.82, 2.24) is 9.97 Å². The van der Waals surface area contributed by atoms with Crippen LogP contribution >= 0.6 is 19.4 Å². The molecular weight excluding hydrogens is 690 g/mol. The minimum absolute atomic E-state index is 0.729. The predicted molar refractivity (Wildman–Crippen MR) is 244 cm³/mol. The topological polar surface area (TPSA) is 29.0 Å². The van der Waals surface area contributed by atoms with Crippen LogP contribution in [0.2, 0.25) is 0 Å². The first-order valence-corrected chi connectivity index (χ1v) is 20.5. The van der Waals surface area contributed by atoms with Gasteiger partial charge in [0.05, 0.1) is 29.7 Å². The summed E-state index contributed by atoms with van der Waals surface area (Å²) in [6.45, 7) is 0. The monoisotopic (exact) mass is 721 g/mol. The Bertz CT molecular complexity index is 3160. The third kappa shape index (κ3) is 4.68. The number of rotatable bonds is 3. The Hall–Kier alpha value is -5.74. The first-order chi connectivity index (χ1) is 26.5. The third-order valence-corrected chi connectivity index (χ3v) is 14.6. The van der Waals surface area contributed by atoms with Gasteiger partial charge in [-0.2, -0.15) is 0 Å². The number of para-hydroxylation sites is 1. The fourth-order valence-electron chi connectivity index (χ4n) is 8.84. The van der Waals surface area contributed by atoms with Crippen LogP contribution in [0.4, 0.5) is 11.6 Å². The summed E-state index contributed by atoms with van der Waals surface area (Å²) in [7, 11) is 5.42. The lowest BCUT2D eigenvalue weighted by atomic mass is 9.75. The zero-order valence-corrected chi connectivity index (χ0v) is 31.8. The highest BCUT2D eigenvalue weighted by atomic mass is 32.1. The average Bonchev–Trinajstić information content (AvgIpc) is 3.59. The number of benzene rings is 8. The highest BCUT2D eigenvalue weighted by Crippen LogP contribution is 2.61. The molecule has 0 bridgehead atoms. The molecule has 0 N–H and O–H groups in total. The van der Waals surface area contributed by atoms with Crippen LogP contribution in [0.1, 0.15) is 0 Å². The van der Waals surface area contributed by atoms with Gasteiger partial charge in [-0.25, -0.2) is 9.97 Å². The first-order valence-electron chi connectivity index (χ1n) is 18.4.